The van der Waals surface area contributed by atoms with Crippen molar-refractivity contribution in [2.24, 2.45) is 0 Å². The molecular weight excluding hydrogens is 152 g/mol. The zero-order chi connectivity index (χ0) is 9.19. The summed E-state index contributed by atoms with van der Waals surface area (Å²) in [5.74, 6) is 0. The standard InChI is InChI=1S/C9H16N2O/c1-7-6-12-11-8(7)5-10-9(2,3)4/h6,10H,5H2,1-4H3. The molecule has 0 aliphatic carbocycles. The predicted octanol–water partition coefficient (Wildman–Crippen LogP) is 1.87. The van der Waals surface area contributed by atoms with Gasteiger partial charge in [-0.05, 0) is 27.7 Å². The quantitative estimate of drug-likeness (QED) is 0.732. The first-order chi connectivity index (χ1) is 5.49. The first-order valence-electron chi connectivity index (χ1n) is 4.14. The molecule has 1 rings (SSSR count). The van der Waals surface area contributed by atoms with E-state index < -0.39 is 0 Å². The van der Waals surface area contributed by atoms with Crippen molar-refractivity contribution in [1.82, 2.24) is 10.5 Å². The number of aromatic nitrogens is 1. The molecule has 1 heterocycles. The Morgan fingerprint density at radius 1 is 1.50 bits per heavy atom. The van der Waals surface area contributed by atoms with E-state index in [1.54, 1.807) is 6.26 Å². The zero-order valence-corrected chi connectivity index (χ0v) is 8.14. The Bertz CT molecular complexity index is 247. The van der Waals surface area contributed by atoms with Gasteiger partial charge in [0.05, 0.1) is 0 Å². The van der Waals surface area contributed by atoms with Crippen molar-refractivity contribution in [1.29, 1.82) is 0 Å². The molecule has 0 spiro atoms. The summed E-state index contributed by atoms with van der Waals surface area (Å²) in [5, 5.41) is 7.22. The highest BCUT2D eigenvalue weighted by molar-refractivity contribution is 5.11. The third-order valence-corrected chi connectivity index (χ3v) is 1.63. The van der Waals surface area contributed by atoms with Crippen molar-refractivity contribution in [2.75, 3.05) is 0 Å². The van der Waals surface area contributed by atoms with E-state index in [4.69, 9.17) is 4.52 Å². The van der Waals surface area contributed by atoms with Gasteiger partial charge < -0.3 is 9.84 Å². The predicted molar refractivity (Wildman–Crippen MR) is 47.8 cm³/mol. The van der Waals surface area contributed by atoms with Gasteiger partial charge in [-0.1, -0.05) is 5.16 Å². The fraction of sp³-hybridized carbons (Fsp3) is 0.667. The number of hydrogen-bond donors (Lipinski definition) is 1. The molecule has 0 unspecified atom stereocenters. The summed E-state index contributed by atoms with van der Waals surface area (Å²) in [4.78, 5) is 0. The maximum atomic E-state index is 4.82. The molecule has 0 atom stereocenters. The maximum Gasteiger partial charge on any atom is 0.127 e. The Morgan fingerprint density at radius 2 is 2.17 bits per heavy atom. The molecule has 0 amide bonds. The summed E-state index contributed by atoms with van der Waals surface area (Å²) in [5.41, 5.74) is 2.22. The SMILES string of the molecule is Cc1conc1CNC(C)(C)C. The third-order valence-electron chi connectivity index (χ3n) is 1.63. The molecule has 0 aliphatic rings. The lowest BCUT2D eigenvalue weighted by Gasteiger charge is -2.19. The maximum absolute atomic E-state index is 4.82. The van der Waals surface area contributed by atoms with Crippen LogP contribution in [0.15, 0.2) is 10.8 Å². The molecule has 0 aromatic carbocycles. The highest BCUT2D eigenvalue weighted by atomic mass is 16.5. The Hall–Kier alpha value is -0.830. The second-order valence-corrected chi connectivity index (χ2v) is 4.05. The van der Waals surface area contributed by atoms with Gasteiger partial charge in [-0.25, -0.2) is 0 Å². The lowest BCUT2D eigenvalue weighted by atomic mass is 10.1. The minimum absolute atomic E-state index is 0.130. The van der Waals surface area contributed by atoms with Gasteiger partial charge in [0.15, 0.2) is 0 Å². The van der Waals surface area contributed by atoms with Crippen molar-refractivity contribution < 1.29 is 4.52 Å². The van der Waals surface area contributed by atoms with Crippen molar-refractivity contribution in [3.63, 3.8) is 0 Å². The van der Waals surface area contributed by atoms with Crippen LogP contribution in [0.4, 0.5) is 0 Å². The average molecular weight is 168 g/mol. The molecule has 0 aliphatic heterocycles. The molecular formula is C9H16N2O. The molecule has 3 nitrogen and oxygen atoms in total. The Labute approximate surface area is 73.1 Å². The molecule has 0 saturated heterocycles. The molecule has 1 aromatic heterocycles. The summed E-state index contributed by atoms with van der Waals surface area (Å²) < 4.78 is 4.82. The highest BCUT2D eigenvalue weighted by Crippen LogP contribution is 2.06. The van der Waals surface area contributed by atoms with E-state index in [-0.39, 0.29) is 5.54 Å². The minimum atomic E-state index is 0.130. The molecule has 68 valence electrons. The topological polar surface area (TPSA) is 38.1 Å². The fourth-order valence-corrected chi connectivity index (χ4v) is 0.830. The number of hydrogen-bond acceptors (Lipinski definition) is 3. The van der Waals surface area contributed by atoms with Gasteiger partial charge in [-0.15, -0.1) is 0 Å². The number of nitrogens with zero attached hydrogens (tertiary/aromatic N) is 1. The van der Waals surface area contributed by atoms with Crippen LogP contribution >= 0.6 is 0 Å². The van der Waals surface area contributed by atoms with Crippen LogP contribution in [-0.2, 0) is 6.54 Å². The van der Waals surface area contributed by atoms with Crippen LogP contribution in [0.1, 0.15) is 32.0 Å². The van der Waals surface area contributed by atoms with Gasteiger partial charge in [0.1, 0.15) is 12.0 Å². The lowest BCUT2D eigenvalue weighted by molar-refractivity contribution is 0.387. The van der Waals surface area contributed by atoms with Crippen LogP contribution < -0.4 is 5.32 Å². The van der Waals surface area contributed by atoms with Crippen molar-refractivity contribution in [2.45, 2.75) is 39.8 Å². The van der Waals surface area contributed by atoms with E-state index in [1.165, 1.54) is 0 Å². The van der Waals surface area contributed by atoms with Crippen LogP contribution in [0.3, 0.4) is 0 Å². The van der Waals surface area contributed by atoms with E-state index in [9.17, 15) is 0 Å². The summed E-state index contributed by atoms with van der Waals surface area (Å²) >= 11 is 0. The van der Waals surface area contributed by atoms with Crippen LogP contribution in [-0.4, -0.2) is 10.7 Å². The van der Waals surface area contributed by atoms with Gasteiger partial charge in [-0.2, -0.15) is 0 Å². The van der Waals surface area contributed by atoms with E-state index in [1.807, 2.05) is 6.92 Å². The first-order valence-corrected chi connectivity index (χ1v) is 4.14. The second-order valence-electron chi connectivity index (χ2n) is 4.05. The monoisotopic (exact) mass is 168 g/mol. The smallest absolute Gasteiger partial charge is 0.127 e. The van der Waals surface area contributed by atoms with Crippen molar-refractivity contribution in [3.05, 3.63) is 17.5 Å². The molecule has 0 bridgehead atoms. The van der Waals surface area contributed by atoms with Crippen LogP contribution in [0.25, 0.3) is 0 Å². The zero-order valence-electron chi connectivity index (χ0n) is 8.14. The number of rotatable bonds is 2. The molecule has 1 N–H and O–H groups in total. The van der Waals surface area contributed by atoms with Crippen LogP contribution in [0, 0.1) is 6.92 Å². The van der Waals surface area contributed by atoms with Crippen LogP contribution in [0.5, 0.6) is 0 Å². The summed E-state index contributed by atoms with van der Waals surface area (Å²) in [6.07, 6.45) is 1.67. The Kier molecular flexibility index (Phi) is 2.52. The van der Waals surface area contributed by atoms with E-state index in [0.717, 1.165) is 17.8 Å². The number of aryl methyl sites for hydroxylation is 1. The second kappa shape index (κ2) is 3.27. The lowest BCUT2D eigenvalue weighted by Crippen LogP contribution is -2.35. The summed E-state index contributed by atoms with van der Waals surface area (Å²) in [6, 6.07) is 0. The van der Waals surface area contributed by atoms with Gasteiger partial charge in [0, 0.05) is 17.6 Å². The minimum Gasteiger partial charge on any atom is -0.364 e. The molecule has 3 heteroatoms. The molecule has 1 aromatic rings. The van der Waals surface area contributed by atoms with Gasteiger partial charge >= 0.3 is 0 Å². The highest BCUT2D eigenvalue weighted by Gasteiger charge is 2.10. The van der Waals surface area contributed by atoms with Gasteiger partial charge in [0.25, 0.3) is 0 Å². The van der Waals surface area contributed by atoms with E-state index in [2.05, 4.69) is 31.2 Å². The van der Waals surface area contributed by atoms with E-state index >= 15 is 0 Å². The Morgan fingerprint density at radius 3 is 2.58 bits per heavy atom. The van der Waals surface area contributed by atoms with E-state index in [0.29, 0.717) is 0 Å². The fourth-order valence-electron chi connectivity index (χ4n) is 0.830. The molecule has 0 radical (unpaired) electrons. The first kappa shape index (κ1) is 9.26. The number of nitrogens with one attached hydrogen (secondary N) is 1. The van der Waals surface area contributed by atoms with Gasteiger partial charge in [0.2, 0.25) is 0 Å². The summed E-state index contributed by atoms with van der Waals surface area (Å²) in [6.45, 7) is 9.15. The average Bonchev–Trinajstić information content (AvgIpc) is 2.29. The Balaban J connectivity index is 2.49. The third kappa shape index (κ3) is 2.66. The normalized spacial score (nSPS) is 12.0. The molecule has 12 heavy (non-hydrogen) atoms. The molecule has 0 fully saturated rings. The van der Waals surface area contributed by atoms with Crippen LogP contribution in [0.2, 0.25) is 0 Å². The van der Waals surface area contributed by atoms with Crippen molar-refractivity contribution >= 4 is 0 Å². The largest absolute Gasteiger partial charge is 0.364 e. The van der Waals surface area contributed by atoms with Gasteiger partial charge in [-0.3, -0.25) is 0 Å². The summed E-state index contributed by atoms with van der Waals surface area (Å²) in [7, 11) is 0. The van der Waals surface area contributed by atoms with Crippen molar-refractivity contribution in [3.8, 4) is 0 Å². The molecule has 0 saturated carbocycles.